The Hall–Kier alpha value is -2.70. The lowest BCUT2D eigenvalue weighted by atomic mass is 10.2. The number of fused-ring (bicyclic) bond motifs is 2. The minimum Gasteiger partial charge on any atom is -0.282 e. The maximum Gasteiger partial charge on any atom is 0.298 e. The molecule has 1 aliphatic carbocycles. The Bertz CT molecular complexity index is 1530. The molecular formula is C19H14N2O6S3. The average molecular weight is 463 g/mol. The molecule has 8 nitrogen and oxygen atoms in total. The van der Waals surface area contributed by atoms with E-state index in [2.05, 4.69) is 14.2 Å². The van der Waals surface area contributed by atoms with Crippen LogP contribution in [0.15, 0.2) is 75.4 Å². The van der Waals surface area contributed by atoms with E-state index >= 15 is 0 Å². The van der Waals surface area contributed by atoms with Gasteiger partial charge in [0.2, 0.25) is 0 Å². The van der Waals surface area contributed by atoms with Gasteiger partial charge < -0.3 is 0 Å². The fourth-order valence-corrected chi connectivity index (χ4v) is 5.09. The summed E-state index contributed by atoms with van der Waals surface area (Å²) in [5.41, 5.74) is 1.42. The van der Waals surface area contributed by atoms with E-state index in [1.807, 2.05) is 24.3 Å². The number of benzene rings is 3. The van der Waals surface area contributed by atoms with Crippen LogP contribution in [-0.2, 0) is 24.4 Å². The molecule has 0 saturated carbocycles. The Kier molecular flexibility index (Phi) is 5.16. The van der Waals surface area contributed by atoms with Crippen molar-refractivity contribution in [2.75, 3.05) is 7.11 Å². The highest BCUT2D eigenvalue weighted by molar-refractivity contribution is 7.87. The molecule has 4 rings (SSSR count). The number of rotatable bonds is 4. The number of hydrogen-bond donors (Lipinski definition) is 1. The Morgan fingerprint density at radius 3 is 2.50 bits per heavy atom. The summed E-state index contributed by atoms with van der Waals surface area (Å²) in [5.74, 6) is 0. The largest absolute Gasteiger partial charge is 0.298 e. The van der Waals surface area contributed by atoms with Crippen molar-refractivity contribution in [1.82, 2.24) is 4.98 Å². The van der Waals surface area contributed by atoms with E-state index in [0.717, 1.165) is 46.1 Å². The summed E-state index contributed by atoms with van der Waals surface area (Å²) in [7, 11) is -7.72. The first-order chi connectivity index (χ1) is 14.2. The van der Waals surface area contributed by atoms with Crippen molar-refractivity contribution in [2.45, 2.75) is 9.79 Å². The fourth-order valence-electron chi connectivity index (χ4n) is 2.82. The van der Waals surface area contributed by atoms with Crippen LogP contribution >= 0.6 is 11.3 Å². The van der Waals surface area contributed by atoms with Gasteiger partial charge in [-0.25, -0.2) is 9.98 Å². The van der Waals surface area contributed by atoms with E-state index in [1.165, 1.54) is 11.3 Å². The molecular weight excluding hydrogens is 448 g/mol. The molecule has 2 aliphatic rings. The lowest BCUT2D eigenvalue weighted by Crippen LogP contribution is -2.07. The molecule has 1 heterocycles. The molecule has 11 heteroatoms. The first-order valence-electron chi connectivity index (χ1n) is 8.44. The van der Waals surface area contributed by atoms with Gasteiger partial charge in [0.25, 0.3) is 20.2 Å². The zero-order valence-electron chi connectivity index (χ0n) is 15.4. The van der Waals surface area contributed by atoms with Crippen LogP contribution in [0.4, 0.5) is 5.69 Å². The molecule has 0 fully saturated rings. The molecule has 1 N–H and O–H groups in total. The molecule has 1 aliphatic heterocycles. The van der Waals surface area contributed by atoms with Crippen molar-refractivity contribution in [3.05, 3.63) is 66.0 Å². The van der Waals surface area contributed by atoms with E-state index in [4.69, 9.17) is 0 Å². The van der Waals surface area contributed by atoms with E-state index in [1.54, 1.807) is 18.2 Å². The molecule has 2 aromatic carbocycles. The quantitative estimate of drug-likeness (QED) is 0.281. The van der Waals surface area contributed by atoms with Crippen LogP contribution in [0.5, 0.6) is 0 Å². The van der Waals surface area contributed by atoms with Gasteiger partial charge in [0.15, 0.2) is 0 Å². The maximum atomic E-state index is 12.2. The number of aromatic nitrogens is 1. The van der Waals surface area contributed by atoms with Gasteiger partial charge in [-0.1, -0.05) is 12.1 Å². The van der Waals surface area contributed by atoms with Crippen LogP contribution in [0.1, 0.15) is 0 Å². The smallest absolute Gasteiger partial charge is 0.282 e. The summed E-state index contributed by atoms with van der Waals surface area (Å²) >= 11 is 1.50. The van der Waals surface area contributed by atoms with Gasteiger partial charge in [0.05, 0.1) is 43.8 Å². The lowest BCUT2D eigenvalue weighted by Gasteiger charge is -2.08. The standard InChI is InChI=1S/C19H14N2O6S3/c1-27-30(25,26)19-9-7-13(29(22,23)24)11-16(19)20-12-6-8-15-18(10-12)28-17-5-3-2-4-14(17)21-15/h2-11H,1H3,(H,22,23,24)/b20-12-. The van der Waals surface area contributed by atoms with E-state index in [-0.39, 0.29) is 10.6 Å². The van der Waals surface area contributed by atoms with Crippen LogP contribution in [0.3, 0.4) is 0 Å². The van der Waals surface area contributed by atoms with Gasteiger partial charge in [-0.3, -0.25) is 8.74 Å². The minimum atomic E-state index is -4.55. The summed E-state index contributed by atoms with van der Waals surface area (Å²) in [6.07, 6.45) is 0. The molecule has 0 unspecified atom stereocenters. The molecule has 0 aromatic heterocycles. The monoisotopic (exact) mass is 462 g/mol. The van der Waals surface area contributed by atoms with Crippen LogP contribution in [-0.4, -0.2) is 33.5 Å². The fraction of sp³-hybridized carbons (Fsp3) is 0.0526. The molecule has 0 spiro atoms. The normalized spacial score (nSPS) is 13.2. The molecule has 154 valence electrons. The third kappa shape index (κ3) is 3.98. The van der Waals surface area contributed by atoms with Crippen LogP contribution < -0.4 is 5.36 Å². The minimum absolute atomic E-state index is 0.176. The Balaban J connectivity index is 1.96. The van der Waals surface area contributed by atoms with Gasteiger partial charge in [0, 0.05) is 0 Å². The molecule has 0 saturated heterocycles. The second-order valence-electron chi connectivity index (χ2n) is 6.17. The first-order valence-corrected chi connectivity index (χ1v) is 12.1. The summed E-state index contributed by atoms with van der Waals surface area (Å²) in [5, 5.41) is 0.385. The lowest BCUT2D eigenvalue weighted by molar-refractivity contribution is 0.398. The second kappa shape index (κ2) is 7.52. The molecule has 2 aromatic rings. The van der Waals surface area contributed by atoms with Crippen LogP contribution in [0.25, 0.3) is 20.8 Å². The van der Waals surface area contributed by atoms with Crippen molar-refractivity contribution in [3.63, 3.8) is 0 Å². The highest BCUT2D eigenvalue weighted by atomic mass is 32.2. The summed E-state index contributed by atoms with van der Waals surface area (Å²) in [6, 6.07) is 15.7. The number of para-hydroxylation sites is 1. The van der Waals surface area contributed by atoms with Gasteiger partial charge in [-0.2, -0.15) is 16.8 Å². The number of hydrogen-bond acceptors (Lipinski definition) is 8. The van der Waals surface area contributed by atoms with Crippen molar-refractivity contribution in [1.29, 1.82) is 0 Å². The average Bonchev–Trinajstić information content (AvgIpc) is 2.71. The van der Waals surface area contributed by atoms with E-state index in [9.17, 15) is 21.4 Å². The Morgan fingerprint density at radius 1 is 1.00 bits per heavy atom. The zero-order valence-corrected chi connectivity index (χ0v) is 17.8. The number of nitrogens with zero attached hydrogens (tertiary/aromatic N) is 2. The van der Waals surface area contributed by atoms with Gasteiger partial charge in [-0.05, 0) is 48.5 Å². The summed E-state index contributed by atoms with van der Waals surface area (Å²) < 4.78 is 62.3. The van der Waals surface area contributed by atoms with Crippen molar-refractivity contribution >= 4 is 47.5 Å². The highest BCUT2D eigenvalue weighted by Gasteiger charge is 2.21. The first kappa shape index (κ1) is 20.6. The van der Waals surface area contributed by atoms with Crippen molar-refractivity contribution in [3.8, 4) is 10.6 Å². The van der Waals surface area contributed by atoms with Crippen LogP contribution in [0, 0.1) is 0 Å². The third-order valence-corrected chi connectivity index (χ3v) is 7.52. The van der Waals surface area contributed by atoms with E-state index in [0.29, 0.717) is 5.36 Å². The molecule has 0 amide bonds. The molecule has 0 radical (unpaired) electrons. The molecule has 30 heavy (non-hydrogen) atoms. The highest BCUT2D eigenvalue weighted by Crippen LogP contribution is 2.31. The Morgan fingerprint density at radius 2 is 1.77 bits per heavy atom. The zero-order chi connectivity index (χ0) is 21.5. The maximum absolute atomic E-state index is 12.2. The molecule has 0 bridgehead atoms. The molecule has 0 atom stereocenters. The van der Waals surface area contributed by atoms with Crippen molar-refractivity contribution in [2.24, 2.45) is 4.99 Å². The third-order valence-electron chi connectivity index (χ3n) is 4.24. The van der Waals surface area contributed by atoms with Crippen LogP contribution in [0.2, 0.25) is 0 Å². The topological polar surface area (TPSA) is 123 Å². The van der Waals surface area contributed by atoms with Gasteiger partial charge >= 0.3 is 0 Å². The Labute approximate surface area is 176 Å². The van der Waals surface area contributed by atoms with Gasteiger partial charge in [-0.15, -0.1) is 11.3 Å². The van der Waals surface area contributed by atoms with E-state index < -0.39 is 25.1 Å². The predicted molar refractivity (Wildman–Crippen MR) is 112 cm³/mol. The summed E-state index contributed by atoms with van der Waals surface area (Å²) in [4.78, 5) is 8.90. The SMILES string of the molecule is COS(=O)(=O)c1ccc(S(=O)(=O)O)cc1/N=c1/ccc2nc3ccccc3sc-2c1. The summed E-state index contributed by atoms with van der Waals surface area (Å²) in [6.45, 7) is 0. The van der Waals surface area contributed by atoms with Crippen molar-refractivity contribution < 1.29 is 25.6 Å². The van der Waals surface area contributed by atoms with Gasteiger partial charge in [0.1, 0.15) is 4.90 Å². The predicted octanol–water partition coefficient (Wildman–Crippen LogP) is 3.22. The second-order valence-corrected chi connectivity index (χ2v) is 10.4.